The van der Waals surface area contributed by atoms with Crippen LogP contribution < -0.4 is 0 Å². The lowest BCUT2D eigenvalue weighted by molar-refractivity contribution is 0.00317. The molecule has 2 fully saturated rings. The highest BCUT2D eigenvalue weighted by Crippen LogP contribution is 2.38. The zero-order chi connectivity index (χ0) is 12.8. The van der Waals surface area contributed by atoms with Crippen molar-refractivity contribution in [3.8, 4) is 0 Å². The average Bonchev–Trinajstić information content (AvgIpc) is 2.40. The molecule has 0 radical (unpaired) electrons. The second-order valence-corrected chi connectivity index (χ2v) is 6.28. The van der Waals surface area contributed by atoms with E-state index in [4.69, 9.17) is 9.47 Å². The monoisotopic (exact) mass is 254 g/mol. The van der Waals surface area contributed by atoms with Gasteiger partial charge in [-0.3, -0.25) is 0 Å². The van der Waals surface area contributed by atoms with Gasteiger partial charge in [-0.1, -0.05) is 32.1 Å². The lowest BCUT2D eigenvalue weighted by Crippen LogP contribution is -2.30. The van der Waals surface area contributed by atoms with Gasteiger partial charge in [0.2, 0.25) is 0 Å². The first-order chi connectivity index (χ1) is 8.83. The molecular weight excluding hydrogens is 224 g/mol. The number of hydrogen-bond acceptors (Lipinski definition) is 2. The molecule has 0 heterocycles. The fourth-order valence-corrected chi connectivity index (χ4v) is 4.00. The molecule has 0 spiro atoms. The summed E-state index contributed by atoms with van der Waals surface area (Å²) in [6.07, 6.45) is 14.4. The summed E-state index contributed by atoms with van der Waals surface area (Å²) in [7, 11) is 3.77. The fourth-order valence-electron chi connectivity index (χ4n) is 4.00. The van der Waals surface area contributed by atoms with Crippen LogP contribution in [0.3, 0.4) is 0 Å². The van der Waals surface area contributed by atoms with E-state index in [9.17, 15) is 0 Å². The van der Waals surface area contributed by atoms with Gasteiger partial charge in [0.25, 0.3) is 0 Å². The molecule has 2 saturated carbocycles. The van der Waals surface area contributed by atoms with Gasteiger partial charge >= 0.3 is 0 Å². The van der Waals surface area contributed by atoms with E-state index in [2.05, 4.69) is 0 Å². The first-order valence-corrected chi connectivity index (χ1v) is 7.89. The van der Waals surface area contributed by atoms with E-state index in [0.29, 0.717) is 12.2 Å². The predicted molar refractivity (Wildman–Crippen MR) is 74.7 cm³/mol. The van der Waals surface area contributed by atoms with Gasteiger partial charge < -0.3 is 9.47 Å². The van der Waals surface area contributed by atoms with Crippen LogP contribution in [-0.4, -0.2) is 26.4 Å². The number of ether oxygens (including phenoxy) is 2. The van der Waals surface area contributed by atoms with Gasteiger partial charge in [0.05, 0.1) is 12.2 Å². The number of rotatable bonds is 3. The maximum absolute atomic E-state index is 5.68. The summed E-state index contributed by atoms with van der Waals surface area (Å²) in [6.45, 7) is 0. The topological polar surface area (TPSA) is 18.5 Å². The van der Waals surface area contributed by atoms with Gasteiger partial charge in [0, 0.05) is 14.2 Å². The van der Waals surface area contributed by atoms with Crippen LogP contribution in [0.15, 0.2) is 0 Å². The van der Waals surface area contributed by atoms with Crippen molar-refractivity contribution in [1.29, 1.82) is 0 Å². The highest BCUT2D eigenvalue weighted by Gasteiger charge is 2.30. The van der Waals surface area contributed by atoms with E-state index in [0.717, 1.165) is 11.8 Å². The molecule has 2 atom stereocenters. The Morgan fingerprint density at radius 3 is 1.67 bits per heavy atom. The SMILES string of the molecule is COC1CCCC(OC)CC(C2CCCCC2)C1. The van der Waals surface area contributed by atoms with E-state index in [-0.39, 0.29) is 0 Å². The van der Waals surface area contributed by atoms with Gasteiger partial charge in [-0.15, -0.1) is 0 Å². The summed E-state index contributed by atoms with van der Waals surface area (Å²) < 4.78 is 11.4. The van der Waals surface area contributed by atoms with Crippen LogP contribution in [0.4, 0.5) is 0 Å². The van der Waals surface area contributed by atoms with Crippen molar-refractivity contribution >= 4 is 0 Å². The molecule has 2 unspecified atom stereocenters. The third-order valence-electron chi connectivity index (χ3n) is 5.17. The smallest absolute Gasteiger partial charge is 0.0574 e. The maximum atomic E-state index is 5.68. The van der Waals surface area contributed by atoms with Crippen molar-refractivity contribution in [1.82, 2.24) is 0 Å². The molecule has 0 aromatic carbocycles. The second kappa shape index (κ2) is 7.49. The van der Waals surface area contributed by atoms with Crippen LogP contribution in [0.2, 0.25) is 0 Å². The summed E-state index contributed by atoms with van der Waals surface area (Å²) in [5, 5.41) is 0. The van der Waals surface area contributed by atoms with Gasteiger partial charge in [0.15, 0.2) is 0 Å². The summed E-state index contributed by atoms with van der Waals surface area (Å²) >= 11 is 0. The molecule has 2 aliphatic rings. The molecular formula is C16H30O2. The minimum absolute atomic E-state index is 0.495. The van der Waals surface area contributed by atoms with Crippen LogP contribution in [0.25, 0.3) is 0 Å². The molecule has 0 saturated heterocycles. The van der Waals surface area contributed by atoms with Crippen molar-refractivity contribution < 1.29 is 9.47 Å². The van der Waals surface area contributed by atoms with Gasteiger partial charge in [-0.05, 0) is 43.9 Å². The molecule has 2 aliphatic carbocycles. The Kier molecular flexibility index (Phi) is 5.97. The van der Waals surface area contributed by atoms with Crippen molar-refractivity contribution in [2.24, 2.45) is 11.8 Å². The van der Waals surface area contributed by atoms with E-state index in [1.54, 1.807) is 0 Å². The van der Waals surface area contributed by atoms with Gasteiger partial charge in [-0.25, -0.2) is 0 Å². The Labute approximate surface area is 112 Å². The van der Waals surface area contributed by atoms with Crippen LogP contribution in [0, 0.1) is 11.8 Å². The van der Waals surface area contributed by atoms with Crippen molar-refractivity contribution in [2.45, 2.75) is 76.4 Å². The maximum Gasteiger partial charge on any atom is 0.0574 e. The largest absolute Gasteiger partial charge is 0.381 e. The fraction of sp³-hybridized carbons (Fsp3) is 1.00. The highest BCUT2D eigenvalue weighted by molar-refractivity contribution is 4.81. The molecule has 2 nitrogen and oxygen atoms in total. The molecule has 0 N–H and O–H groups in total. The van der Waals surface area contributed by atoms with Crippen molar-refractivity contribution in [3.05, 3.63) is 0 Å². The molecule has 0 aromatic rings. The number of hydrogen-bond donors (Lipinski definition) is 0. The molecule has 106 valence electrons. The minimum atomic E-state index is 0.495. The van der Waals surface area contributed by atoms with Crippen LogP contribution in [0.1, 0.15) is 64.2 Å². The molecule has 0 amide bonds. The molecule has 18 heavy (non-hydrogen) atoms. The summed E-state index contributed by atoms with van der Waals surface area (Å²) in [6, 6.07) is 0. The molecule has 2 heteroatoms. The van der Waals surface area contributed by atoms with Gasteiger partial charge in [-0.2, -0.15) is 0 Å². The van der Waals surface area contributed by atoms with Crippen LogP contribution in [-0.2, 0) is 9.47 Å². The lowest BCUT2D eigenvalue weighted by atomic mass is 9.73. The van der Waals surface area contributed by atoms with Crippen molar-refractivity contribution in [2.75, 3.05) is 14.2 Å². The lowest BCUT2D eigenvalue weighted by Gasteiger charge is -2.36. The predicted octanol–water partition coefficient (Wildman–Crippen LogP) is 4.18. The Balaban J connectivity index is 1.96. The Morgan fingerprint density at radius 1 is 0.611 bits per heavy atom. The highest BCUT2D eigenvalue weighted by atomic mass is 16.5. The first kappa shape index (κ1) is 14.3. The van der Waals surface area contributed by atoms with Crippen LogP contribution in [0.5, 0.6) is 0 Å². The standard InChI is InChI=1S/C16H30O2/c1-17-15-9-6-10-16(18-2)12-14(11-15)13-7-4-3-5-8-13/h13-16H,3-12H2,1-2H3. The molecule has 0 aromatic heterocycles. The van der Waals surface area contributed by atoms with Crippen LogP contribution >= 0.6 is 0 Å². The van der Waals surface area contributed by atoms with E-state index in [1.165, 1.54) is 64.2 Å². The zero-order valence-electron chi connectivity index (χ0n) is 12.2. The van der Waals surface area contributed by atoms with E-state index in [1.807, 2.05) is 14.2 Å². The average molecular weight is 254 g/mol. The van der Waals surface area contributed by atoms with E-state index < -0.39 is 0 Å². The summed E-state index contributed by atoms with van der Waals surface area (Å²) in [4.78, 5) is 0. The van der Waals surface area contributed by atoms with E-state index >= 15 is 0 Å². The molecule has 0 bridgehead atoms. The Morgan fingerprint density at radius 2 is 1.17 bits per heavy atom. The summed E-state index contributed by atoms with van der Waals surface area (Å²) in [5.74, 6) is 1.77. The first-order valence-electron chi connectivity index (χ1n) is 7.89. The summed E-state index contributed by atoms with van der Waals surface area (Å²) in [5.41, 5.74) is 0. The zero-order valence-corrected chi connectivity index (χ0v) is 12.2. The Hall–Kier alpha value is -0.0800. The second-order valence-electron chi connectivity index (χ2n) is 6.28. The Bertz CT molecular complexity index is 209. The minimum Gasteiger partial charge on any atom is -0.381 e. The molecule has 2 rings (SSSR count). The molecule has 0 aliphatic heterocycles. The van der Waals surface area contributed by atoms with Crippen molar-refractivity contribution in [3.63, 3.8) is 0 Å². The number of methoxy groups -OCH3 is 2. The normalized spacial score (nSPS) is 36.0. The van der Waals surface area contributed by atoms with Gasteiger partial charge in [0.1, 0.15) is 0 Å². The third kappa shape index (κ3) is 3.96. The quantitative estimate of drug-likeness (QED) is 0.752. The third-order valence-corrected chi connectivity index (χ3v) is 5.17.